The molecular formula is C37H25F3N6O2. The summed E-state index contributed by atoms with van der Waals surface area (Å²) < 4.78 is 42.4. The van der Waals surface area contributed by atoms with Gasteiger partial charge in [0.2, 0.25) is 0 Å². The van der Waals surface area contributed by atoms with Gasteiger partial charge in [-0.25, -0.2) is 14.8 Å². The molecule has 0 aliphatic heterocycles. The van der Waals surface area contributed by atoms with Gasteiger partial charge in [-0.3, -0.25) is 15.8 Å². The topological polar surface area (TPSA) is 120 Å². The second-order valence-corrected chi connectivity index (χ2v) is 10.9. The van der Waals surface area contributed by atoms with Gasteiger partial charge in [-0.05, 0) is 28.8 Å². The van der Waals surface area contributed by atoms with Gasteiger partial charge in [0.1, 0.15) is 5.69 Å². The number of esters is 1. The Balaban J connectivity index is 1.25. The molecule has 0 saturated heterocycles. The van der Waals surface area contributed by atoms with E-state index in [9.17, 15) is 18.0 Å². The summed E-state index contributed by atoms with van der Waals surface area (Å²) >= 11 is 0. The van der Waals surface area contributed by atoms with Crippen LogP contribution < -0.4 is 5.73 Å². The number of carbonyl (C=O) groups is 1. The molecule has 0 spiro atoms. The van der Waals surface area contributed by atoms with E-state index in [4.69, 9.17) is 15.7 Å². The smallest absolute Gasteiger partial charge is 0.436 e. The number of hydrogen-bond donors (Lipinski definition) is 2. The molecule has 0 aliphatic rings. The number of ether oxygens (including phenoxy) is 1. The molecule has 1 atom stereocenters. The van der Waals surface area contributed by atoms with Gasteiger partial charge in [0.25, 0.3) is 0 Å². The first kappa shape index (κ1) is 30.5. The van der Waals surface area contributed by atoms with Gasteiger partial charge in [0.05, 0.1) is 11.2 Å². The maximum Gasteiger partial charge on any atom is 0.490 e. The van der Waals surface area contributed by atoms with Crippen molar-refractivity contribution in [2.24, 2.45) is 5.73 Å². The summed E-state index contributed by atoms with van der Waals surface area (Å²) in [6, 6.07) is 37.9. The lowest BCUT2D eigenvalue weighted by molar-refractivity contribution is -0.205. The number of nitrogens with one attached hydrogen (secondary N) is 1. The van der Waals surface area contributed by atoms with Gasteiger partial charge in [-0.1, -0.05) is 109 Å². The molecule has 7 aromatic rings. The lowest BCUT2D eigenvalue weighted by atomic mass is 9.96. The maximum atomic E-state index is 12.7. The summed E-state index contributed by atoms with van der Waals surface area (Å²) in [5.74, 6) is -1.36. The Morgan fingerprint density at radius 3 is 1.98 bits per heavy atom. The Labute approximate surface area is 272 Å². The van der Waals surface area contributed by atoms with Crippen LogP contribution in [0.4, 0.5) is 13.2 Å². The Morgan fingerprint density at radius 2 is 1.31 bits per heavy atom. The highest BCUT2D eigenvalue weighted by molar-refractivity contribution is 5.97. The lowest BCUT2D eigenvalue weighted by Gasteiger charge is -2.16. The normalized spacial score (nSPS) is 12.2. The van der Waals surface area contributed by atoms with Crippen molar-refractivity contribution in [1.82, 2.24) is 25.1 Å². The number of rotatable bonds is 7. The third-order valence-electron chi connectivity index (χ3n) is 7.77. The van der Waals surface area contributed by atoms with Crippen molar-refractivity contribution in [3.63, 3.8) is 0 Å². The Bertz CT molecular complexity index is 2220. The van der Waals surface area contributed by atoms with Crippen molar-refractivity contribution in [2.45, 2.75) is 12.4 Å². The van der Waals surface area contributed by atoms with Gasteiger partial charge in [0, 0.05) is 33.8 Å². The molecule has 11 heteroatoms. The Hall–Kier alpha value is -6.20. The van der Waals surface area contributed by atoms with Crippen molar-refractivity contribution in [3.8, 4) is 56.4 Å². The summed E-state index contributed by atoms with van der Waals surface area (Å²) in [5.41, 5.74) is 13.2. The average Bonchev–Trinajstić information content (AvgIpc) is 3.61. The van der Waals surface area contributed by atoms with Crippen LogP contribution in [0.5, 0.6) is 0 Å². The zero-order chi connectivity index (χ0) is 33.3. The van der Waals surface area contributed by atoms with Gasteiger partial charge in [-0.2, -0.15) is 18.3 Å². The number of alkyl halides is 3. The molecule has 0 bridgehead atoms. The highest BCUT2D eigenvalue weighted by atomic mass is 19.4. The lowest BCUT2D eigenvalue weighted by Crippen LogP contribution is -2.29. The Morgan fingerprint density at radius 1 is 0.708 bits per heavy atom. The minimum atomic E-state index is -5.15. The van der Waals surface area contributed by atoms with E-state index in [1.165, 1.54) is 12.1 Å². The van der Waals surface area contributed by atoms with Crippen LogP contribution in [0.15, 0.2) is 128 Å². The standard InChI is InChI=1S/C37H25F3N6O2/c38-37(39,40)36(47)48-33(41)26-15-13-25(14-16-26)31-28(24-9-5-2-6-10-24)21-29-30(43-31)19-20-42-32(29)35-44-34(45-46-35)27-17-11-23(12-18-27)22-7-3-1-4-8-22/h1-21,33H,41H2,(H,44,45,46). The molecule has 4 aromatic carbocycles. The van der Waals surface area contributed by atoms with E-state index in [0.717, 1.165) is 33.2 Å². The number of hydrogen-bond acceptors (Lipinski definition) is 7. The monoisotopic (exact) mass is 642 g/mol. The third kappa shape index (κ3) is 6.14. The van der Waals surface area contributed by atoms with Crippen LogP contribution >= 0.6 is 0 Å². The number of carbonyl (C=O) groups excluding carboxylic acids is 1. The number of H-pyrrole nitrogens is 1. The molecule has 0 aliphatic carbocycles. The first-order valence-electron chi connectivity index (χ1n) is 14.8. The van der Waals surface area contributed by atoms with E-state index in [1.807, 2.05) is 78.9 Å². The molecule has 48 heavy (non-hydrogen) atoms. The predicted molar refractivity (Wildman–Crippen MR) is 176 cm³/mol. The number of nitrogens with two attached hydrogens (primary N) is 1. The molecular weight excluding hydrogens is 617 g/mol. The van der Waals surface area contributed by atoms with E-state index >= 15 is 0 Å². The summed E-state index contributed by atoms with van der Waals surface area (Å²) in [7, 11) is 0. The molecule has 7 rings (SSSR count). The first-order valence-corrected chi connectivity index (χ1v) is 14.8. The number of benzene rings is 4. The molecule has 236 valence electrons. The fraction of sp³-hybridized carbons (Fsp3) is 0.0541. The molecule has 8 nitrogen and oxygen atoms in total. The van der Waals surface area contributed by atoms with Crippen LogP contribution in [0.2, 0.25) is 0 Å². The van der Waals surface area contributed by atoms with Crippen LogP contribution in [0.25, 0.3) is 67.3 Å². The molecule has 0 saturated carbocycles. The molecule has 1 unspecified atom stereocenters. The van der Waals surface area contributed by atoms with E-state index in [2.05, 4.69) is 32.1 Å². The van der Waals surface area contributed by atoms with E-state index < -0.39 is 18.4 Å². The third-order valence-corrected chi connectivity index (χ3v) is 7.77. The fourth-order valence-electron chi connectivity index (χ4n) is 5.36. The van der Waals surface area contributed by atoms with Crippen LogP contribution in [0.3, 0.4) is 0 Å². The molecule has 3 heterocycles. The summed E-state index contributed by atoms with van der Waals surface area (Å²) in [6.07, 6.45) is -5.09. The van der Waals surface area contributed by atoms with Gasteiger partial charge in [-0.15, -0.1) is 0 Å². The number of aromatic amines is 1. The number of nitrogens with zero attached hydrogens (tertiary/aromatic N) is 4. The molecule has 0 radical (unpaired) electrons. The van der Waals surface area contributed by atoms with Crippen LogP contribution in [0, 0.1) is 0 Å². The highest BCUT2D eigenvalue weighted by Crippen LogP contribution is 2.36. The van der Waals surface area contributed by atoms with Crippen molar-refractivity contribution >= 4 is 16.9 Å². The number of fused-ring (bicyclic) bond motifs is 1. The minimum absolute atomic E-state index is 0.195. The zero-order valence-electron chi connectivity index (χ0n) is 25.0. The van der Waals surface area contributed by atoms with Gasteiger partial charge >= 0.3 is 12.1 Å². The van der Waals surface area contributed by atoms with Crippen molar-refractivity contribution < 1.29 is 22.7 Å². The number of aromatic nitrogens is 5. The summed E-state index contributed by atoms with van der Waals surface area (Å²) in [6.45, 7) is 0. The van der Waals surface area contributed by atoms with Crippen LogP contribution in [-0.4, -0.2) is 37.3 Å². The fourth-order valence-corrected chi connectivity index (χ4v) is 5.36. The number of pyridine rings is 2. The van der Waals surface area contributed by atoms with E-state index in [-0.39, 0.29) is 5.56 Å². The van der Waals surface area contributed by atoms with Crippen molar-refractivity contribution in [1.29, 1.82) is 0 Å². The number of halogens is 3. The largest absolute Gasteiger partial charge is 0.490 e. The van der Waals surface area contributed by atoms with E-state index in [0.29, 0.717) is 34.1 Å². The van der Waals surface area contributed by atoms with Gasteiger partial charge < -0.3 is 4.74 Å². The predicted octanol–water partition coefficient (Wildman–Crippen LogP) is 8.15. The second-order valence-electron chi connectivity index (χ2n) is 10.9. The zero-order valence-corrected chi connectivity index (χ0v) is 25.0. The highest BCUT2D eigenvalue weighted by Gasteiger charge is 2.42. The van der Waals surface area contributed by atoms with Crippen LogP contribution in [0.1, 0.15) is 11.8 Å². The minimum Gasteiger partial charge on any atom is -0.436 e. The van der Waals surface area contributed by atoms with Crippen molar-refractivity contribution in [3.05, 3.63) is 133 Å². The second kappa shape index (κ2) is 12.5. The first-order chi connectivity index (χ1) is 23.2. The molecule has 3 aromatic heterocycles. The molecule has 3 N–H and O–H groups in total. The van der Waals surface area contributed by atoms with E-state index in [1.54, 1.807) is 24.4 Å². The average molecular weight is 643 g/mol. The summed E-state index contributed by atoms with van der Waals surface area (Å²) in [5, 5.41) is 8.24. The molecule has 0 amide bonds. The van der Waals surface area contributed by atoms with Crippen LogP contribution in [-0.2, 0) is 9.53 Å². The van der Waals surface area contributed by atoms with Gasteiger partial charge in [0.15, 0.2) is 17.9 Å². The maximum absolute atomic E-state index is 12.7. The Kier molecular flexibility index (Phi) is 7.95. The quantitative estimate of drug-likeness (QED) is 0.133. The summed E-state index contributed by atoms with van der Waals surface area (Å²) in [4.78, 5) is 25.7. The SMILES string of the molecule is NC(OC(=O)C(F)(F)F)c1ccc(-c2nc3ccnc(-c4nc(-c5ccc(-c6ccccc6)cc5)n[nH]4)c3cc2-c2ccccc2)cc1. The molecule has 0 fully saturated rings. The van der Waals surface area contributed by atoms with Crippen molar-refractivity contribution in [2.75, 3.05) is 0 Å².